The first-order chi connectivity index (χ1) is 19.3. The van der Waals surface area contributed by atoms with E-state index in [4.69, 9.17) is 28.6 Å². The Hall–Kier alpha value is -4.28. The highest BCUT2D eigenvalue weighted by molar-refractivity contribution is 7.80. The molecule has 0 aromatic heterocycles. The van der Waals surface area contributed by atoms with Crippen LogP contribution in [0.25, 0.3) is 6.08 Å². The van der Waals surface area contributed by atoms with Crippen LogP contribution in [0.4, 0.5) is 17.1 Å². The van der Waals surface area contributed by atoms with Crippen molar-refractivity contribution < 1.29 is 19.2 Å². The van der Waals surface area contributed by atoms with Gasteiger partial charge in [-0.15, -0.1) is 0 Å². The maximum atomic E-state index is 13.3. The van der Waals surface area contributed by atoms with Crippen LogP contribution in [0.2, 0.25) is 5.02 Å². The van der Waals surface area contributed by atoms with E-state index in [0.717, 1.165) is 24.2 Å². The van der Waals surface area contributed by atoms with Gasteiger partial charge < -0.3 is 9.64 Å². The van der Waals surface area contributed by atoms with Crippen molar-refractivity contribution in [1.29, 1.82) is 0 Å². The average Bonchev–Trinajstić information content (AvgIpc) is 2.96. The monoisotopic (exact) mass is 576 g/mol. The van der Waals surface area contributed by atoms with E-state index in [1.807, 2.05) is 23.1 Å². The third-order valence-electron chi connectivity index (χ3n) is 7.11. The predicted octanol–water partition coefficient (Wildman–Crippen LogP) is 5.47. The van der Waals surface area contributed by atoms with Crippen molar-refractivity contribution in [2.45, 2.75) is 18.8 Å². The third kappa shape index (κ3) is 5.41. The van der Waals surface area contributed by atoms with Crippen LogP contribution in [-0.2, 0) is 9.59 Å². The van der Waals surface area contributed by atoms with E-state index in [2.05, 4.69) is 11.4 Å². The number of benzene rings is 3. The molecule has 2 aliphatic rings. The molecular weight excluding hydrogens is 552 g/mol. The largest absolute Gasteiger partial charge is 0.496 e. The lowest BCUT2D eigenvalue weighted by Crippen LogP contribution is -2.54. The number of hydrogen-bond acceptors (Lipinski definition) is 7. The standard InChI is InChI=1S/C29H25ClN4O5S/c1-39-26-5-3-2-4-22(26)19-12-14-32(15-13-19)24-11-6-18(17-25(24)34(37)38)16-23-27(35)31-29(40)33(28(23)36)21-9-7-20(30)8-10-21/h2-11,16-17,19H,12-15H2,1H3,(H,31,35,40)/b23-16+. The van der Waals surface area contributed by atoms with Crippen molar-refractivity contribution in [1.82, 2.24) is 5.32 Å². The zero-order chi connectivity index (χ0) is 28.4. The van der Waals surface area contributed by atoms with Crippen LogP contribution in [0.3, 0.4) is 0 Å². The minimum absolute atomic E-state index is 0.0627. The summed E-state index contributed by atoms with van der Waals surface area (Å²) in [6.45, 7) is 1.27. The number of thiocarbonyl (C=S) groups is 1. The highest BCUT2D eigenvalue weighted by Gasteiger charge is 2.35. The summed E-state index contributed by atoms with van der Waals surface area (Å²) >= 11 is 11.2. The van der Waals surface area contributed by atoms with Gasteiger partial charge in [-0.1, -0.05) is 35.9 Å². The van der Waals surface area contributed by atoms with E-state index in [1.54, 1.807) is 43.5 Å². The van der Waals surface area contributed by atoms with E-state index in [-0.39, 0.29) is 16.4 Å². The highest BCUT2D eigenvalue weighted by atomic mass is 35.5. The SMILES string of the molecule is COc1ccccc1C1CCN(c2ccc(/C=C3\C(=O)NC(=S)N(c4ccc(Cl)cc4)C3=O)cc2[N+](=O)[O-])CC1. The molecular formula is C29H25ClN4O5S. The molecule has 9 nitrogen and oxygen atoms in total. The van der Waals surface area contributed by atoms with Crippen LogP contribution in [0.1, 0.15) is 29.9 Å². The number of amides is 2. The van der Waals surface area contributed by atoms with Gasteiger partial charge in [0.2, 0.25) is 0 Å². The number of nitrogens with one attached hydrogen (secondary N) is 1. The maximum Gasteiger partial charge on any atom is 0.293 e. The molecule has 0 saturated carbocycles. The third-order valence-corrected chi connectivity index (χ3v) is 7.64. The number of para-hydroxylation sites is 1. The van der Waals surface area contributed by atoms with Crippen molar-refractivity contribution in [3.05, 3.63) is 98.6 Å². The van der Waals surface area contributed by atoms with E-state index in [1.165, 1.54) is 17.0 Å². The summed E-state index contributed by atoms with van der Waals surface area (Å²) in [5, 5.41) is 15.0. The normalized spacial score (nSPS) is 17.2. The number of anilines is 2. The minimum Gasteiger partial charge on any atom is -0.496 e. The second-order valence-corrected chi connectivity index (χ2v) is 10.3. The van der Waals surface area contributed by atoms with Crippen molar-refractivity contribution >= 4 is 63.9 Å². The van der Waals surface area contributed by atoms with Crippen molar-refractivity contribution in [3.63, 3.8) is 0 Å². The van der Waals surface area contributed by atoms with Gasteiger partial charge >= 0.3 is 0 Å². The number of methoxy groups -OCH3 is 1. The molecule has 11 heteroatoms. The summed E-state index contributed by atoms with van der Waals surface area (Å²) in [6, 6.07) is 19.1. The number of nitro benzene ring substituents is 1. The number of carbonyl (C=O) groups excluding carboxylic acids is 2. The highest BCUT2D eigenvalue weighted by Crippen LogP contribution is 2.38. The lowest BCUT2D eigenvalue weighted by Gasteiger charge is -2.34. The fourth-order valence-corrected chi connectivity index (χ4v) is 5.53. The maximum absolute atomic E-state index is 13.3. The molecule has 0 unspecified atom stereocenters. The molecule has 40 heavy (non-hydrogen) atoms. The lowest BCUT2D eigenvalue weighted by molar-refractivity contribution is -0.384. The molecule has 0 radical (unpaired) electrons. The van der Waals surface area contributed by atoms with Gasteiger partial charge in [0.25, 0.3) is 17.5 Å². The average molecular weight is 577 g/mol. The molecule has 2 saturated heterocycles. The predicted molar refractivity (Wildman–Crippen MR) is 158 cm³/mol. The van der Waals surface area contributed by atoms with Crippen molar-refractivity contribution in [3.8, 4) is 5.75 Å². The van der Waals surface area contributed by atoms with Gasteiger partial charge in [-0.25, -0.2) is 0 Å². The van der Waals surface area contributed by atoms with Crippen LogP contribution in [0.5, 0.6) is 5.75 Å². The second-order valence-electron chi connectivity index (χ2n) is 9.44. The number of carbonyl (C=O) groups is 2. The van der Waals surface area contributed by atoms with E-state index in [9.17, 15) is 19.7 Å². The number of rotatable bonds is 6. The van der Waals surface area contributed by atoms with Gasteiger partial charge in [-0.05, 0) is 84.6 Å². The first-order valence-electron chi connectivity index (χ1n) is 12.6. The molecule has 3 aromatic carbocycles. The fourth-order valence-electron chi connectivity index (χ4n) is 5.13. The summed E-state index contributed by atoms with van der Waals surface area (Å²) < 4.78 is 5.52. The van der Waals surface area contributed by atoms with Crippen LogP contribution >= 0.6 is 23.8 Å². The molecule has 0 aliphatic carbocycles. The number of nitrogens with zero attached hydrogens (tertiary/aromatic N) is 3. The van der Waals surface area contributed by atoms with Gasteiger partial charge in [-0.2, -0.15) is 0 Å². The van der Waals surface area contributed by atoms with Crippen molar-refractivity contribution in [2.24, 2.45) is 0 Å². The topological polar surface area (TPSA) is 105 Å². The molecule has 3 aromatic rings. The fraction of sp³-hybridized carbons (Fsp3) is 0.207. The van der Waals surface area contributed by atoms with Gasteiger partial charge in [0.15, 0.2) is 5.11 Å². The zero-order valence-corrected chi connectivity index (χ0v) is 23.1. The smallest absolute Gasteiger partial charge is 0.293 e. The zero-order valence-electron chi connectivity index (χ0n) is 21.5. The Morgan fingerprint density at radius 2 is 1.77 bits per heavy atom. The molecule has 2 amide bonds. The summed E-state index contributed by atoms with van der Waals surface area (Å²) in [4.78, 5) is 40.8. The number of piperidine rings is 1. The molecule has 0 bridgehead atoms. The molecule has 5 rings (SSSR count). The van der Waals surface area contributed by atoms with Crippen LogP contribution in [0.15, 0.2) is 72.3 Å². The Bertz CT molecular complexity index is 1530. The summed E-state index contributed by atoms with van der Waals surface area (Å²) in [7, 11) is 1.65. The molecule has 1 N–H and O–H groups in total. The number of ether oxygens (including phenoxy) is 1. The van der Waals surface area contributed by atoms with Gasteiger partial charge in [0.05, 0.1) is 17.7 Å². The van der Waals surface area contributed by atoms with E-state index in [0.29, 0.717) is 41.0 Å². The summed E-state index contributed by atoms with van der Waals surface area (Å²) in [5.41, 5.74) is 2.13. The van der Waals surface area contributed by atoms with E-state index >= 15 is 0 Å². The minimum atomic E-state index is -0.676. The van der Waals surface area contributed by atoms with Crippen LogP contribution < -0.4 is 19.9 Å². The van der Waals surface area contributed by atoms with Crippen LogP contribution in [0, 0.1) is 10.1 Å². The summed E-state index contributed by atoms with van der Waals surface area (Å²) in [6.07, 6.45) is 2.98. The number of halogens is 1. The first kappa shape index (κ1) is 27.3. The van der Waals surface area contributed by atoms with Crippen molar-refractivity contribution in [2.75, 3.05) is 30.0 Å². The molecule has 2 fully saturated rings. The molecule has 204 valence electrons. The second kappa shape index (κ2) is 11.4. The number of hydrogen-bond donors (Lipinski definition) is 1. The van der Waals surface area contributed by atoms with E-state index < -0.39 is 16.7 Å². The van der Waals surface area contributed by atoms with Crippen LogP contribution in [-0.4, -0.2) is 42.0 Å². The Balaban J connectivity index is 1.39. The molecule has 2 heterocycles. The Kier molecular flexibility index (Phi) is 7.81. The Morgan fingerprint density at radius 3 is 2.45 bits per heavy atom. The molecule has 0 spiro atoms. The number of nitro groups is 1. The first-order valence-corrected chi connectivity index (χ1v) is 13.4. The lowest BCUT2D eigenvalue weighted by atomic mass is 9.88. The van der Waals surface area contributed by atoms with Gasteiger partial charge in [0.1, 0.15) is 17.0 Å². The Labute approximate surface area is 241 Å². The Morgan fingerprint density at radius 1 is 1.07 bits per heavy atom. The van der Waals surface area contributed by atoms with Gasteiger partial charge in [-0.3, -0.25) is 29.9 Å². The molecule has 2 aliphatic heterocycles. The van der Waals surface area contributed by atoms with Gasteiger partial charge in [0, 0.05) is 24.2 Å². The molecule has 0 atom stereocenters. The quantitative estimate of drug-likeness (QED) is 0.136. The summed E-state index contributed by atoms with van der Waals surface area (Å²) in [5.74, 6) is -0.173.